The van der Waals surface area contributed by atoms with Crippen LogP contribution < -0.4 is 16.0 Å². The molecule has 7 nitrogen and oxygen atoms in total. The number of carbonyl (C=O) groups excluding carboxylic acids is 3. The van der Waals surface area contributed by atoms with E-state index in [0.717, 1.165) is 25.7 Å². The predicted octanol–water partition coefficient (Wildman–Crippen LogP) is 4.40. The Bertz CT molecular complexity index is 707. The number of ketones is 1. The highest BCUT2D eigenvalue weighted by atomic mass is 16.5. The van der Waals surface area contributed by atoms with Crippen LogP contribution in [0.4, 0.5) is 0 Å². The summed E-state index contributed by atoms with van der Waals surface area (Å²) >= 11 is 0. The maximum absolute atomic E-state index is 13.3. The first-order valence-electron chi connectivity index (χ1n) is 13.2. The molecule has 0 aliphatic carbocycles. The zero-order chi connectivity index (χ0) is 27.4. The molecular formula is C28H53N3O4. The molecule has 1 amide bonds. The van der Waals surface area contributed by atoms with E-state index in [9.17, 15) is 14.4 Å². The molecule has 0 heterocycles. The van der Waals surface area contributed by atoms with Gasteiger partial charge in [0.05, 0.1) is 25.2 Å². The van der Waals surface area contributed by atoms with Gasteiger partial charge in [-0.15, -0.1) is 0 Å². The van der Waals surface area contributed by atoms with Crippen LogP contribution in [-0.4, -0.2) is 56.0 Å². The molecule has 204 valence electrons. The number of ether oxygens (including phenoxy) is 1. The lowest BCUT2D eigenvalue weighted by molar-refractivity contribution is -0.138. The van der Waals surface area contributed by atoms with Crippen LogP contribution in [0.3, 0.4) is 0 Å². The average Bonchev–Trinajstić information content (AvgIpc) is 2.73. The van der Waals surface area contributed by atoms with Crippen molar-refractivity contribution >= 4 is 17.7 Å². The van der Waals surface area contributed by atoms with E-state index in [0.29, 0.717) is 12.2 Å². The minimum absolute atomic E-state index is 0.0851. The topological polar surface area (TPSA) is 96.5 Å². The second-order valence-corrected chi connectivity index (χ2v) is 11.7. The average molecular weight is 496 g/mol. The van der Waals surface area contributed by atoms with Crippen LogP contribution in [-0.2, 0) is 19.1 Å². The van der Waals surface area contributed by atoms with Crippen molar-refractivity contribution in [3.63, 3.8) is 0 Å². The van der Waals surface area contributed by atoms with Crippen LogP contribution in [0.25, 0.3) is 0 Å². The Balaban J connectivity index is 5.51. The molecule has 35 heavy (non-hydrogen) atoms. The first kappa shape index (κ1) is 33.3. The highest BCUT2D eigenvalue weighted by Crippen LogP contribution is 2.29. The molecule has 0 rings (SSSR count). The Morgan fingerprint density at radius 2 is 1.57 bits per heavy atom. The molecule has 7 heteroatoms. The fourth-order valence-corrected chi connectivity index (χ4v) is 4.25. The van der Waals surface area contributed by atoms with Gasteiger partial charge in [0.15, 0.2) is 5.78 Å². The van der Waals surface area contributed by atoms with Crippen LogP contribution in [0.15, 0.2) is 11.6 Å². The van der Waals surface area contributed by atoms with Crippen LogP contribution in [0, 0.1) is 16.7 Å². The van der Waals surface area contributed by atoms with Gasteiger partial charge in [0.2, 0.25) is 5.91 Å². The molecule has 0 spiro atoms. The summed E-state index contributed by atoms with van der Waals surface area (Å²) in [5.41, 5.74) is -0.188. The summed E-state index contributed by atoms with van der Waals surface area (Å²) in [4.78, 5) is 38.7. The third-order valence-electron chi connectivity index (χ3n) is 6.49. The fraction of sp³-hybridized carbons (Fsp3) is 0.821. The zero-order valence-electron chi connectivity index (χ0n) is 24.3. The van der Waals surface area contributed by atoms with Crippen molar-refractivity contribution in [1.29, 1.82) is 0 Å². The van der Waals surface area contributed by atoms with E-state index < -0.39 is 17.5 Å². The third-order valence-corrected chi connectivity index (χ3v) is 6.49. The van der Waals surface area contributed by atoms with Gasteiger partial charge in [-0.2, -0.15) is 0 Å². The Labute approximate surface area is 214 Å². The van der Waals surface area contributed by atoms with Gasteiger partial charge >= 0.3 is 5.97 Å². The Morgan fingerprint density at radius 1 is 0.971 bits per heavy atom. The van der Waals surface area contributed by atoms with Crippen molar-refractivity contribution in [3.8, 4) is 0 Å². The van der Waals surface area contributed by atoms with E-state index in [1.54, 1.807) is 20.9 Å². The van der Waals surface area contributed by atoms with Gasteiger partial charge in [-0.3, -0.25) is 9.59 Å². The summed E-state index contributed by atoms with van der Waals surface area (Å²) in [5.74, 6) is -0.434. The van der Waals surface area contributed by atoms with Crippen LogP contribution in [0.1, 0.15) is 94.9 Å². The summed E-state index contributed by atoms with van der Waals surface area (Å²) in [6, 6.07) is -1.22. The molecule has 0 aromatic rings. The van der Waals surface area contributed by atoms with Gasteiger partial charge in [-0.25, -0.2) is 4.79 Å². The molecule has 0 fully saturated rings. The van der Waals surface area contributed by atoms with Crippen molar-refractivity contribution in [2.24, 2.45) is 16.7 Å². The molecular weight excluding hydrogens is 442 g/mol. The summed E-state index contributed by atoms with van der Waals surface area (Å²) < 4.78 is 5.07. The van der Waals surface area contributed by atoms with Crippen LogP contribution in [0.5, 0.6) is 0 Å². The molecule has 0 unspecified atom stereocenters. The first-order valence-corrected chi connectivity index (χ1v) is 13.2. The number of esters is 1. The number of hydrogen-bond acceptors (Lipinski definition) is 6. The van der Waals surface area contributed by atoms with E-state index in [1.165, 1.54) is 0 Å². The predicted molar refractivity (Wildman–Crippen MR) is 144 cm³/mol. The molecule has 0 aliphatic heterocycles. The maximum atomic E-state index is 13.3. The molecule has 0 aromatic carbocycles. The van der Waals surface area contributed by atoms with Gasteiger partial charge in [0.1, 0.15) is 0 Å². The maximum Gasteiger partial charge on any atom is 0.333 e. The van der Waals surface area contributed by atoms with Crippen molar-refractivity contribution in [2.75, 3.05) is 20.2 Å². The number of unbranched alkanes of at least 4 members (excludes halogenated alkanes) is 2. The highest BCUT2D eigenvalue weighted by Gasteiger charge is 2.38. The second kappa shape index (κ2) is 15.4. The zero-order valence-corrected chi connectivity index (χ0v) is 24.3. The standard InChI is InChI=1S/C28H53N3O4/c1-12-14-15-16-28(9,10)24(29-11)25(33)31-23(27(6,7)8)22(32)18-30-21(19(3)4)17-20(5)26(34)35-13-2/h17,19,21,23-24,29-30H,12-16,18H2,1-11H3,(H,31,33)/b20-17+/t21-,23-,24-/m1/s1. The van der Waals surface area contributed by atoms with Crippen molar-refractivity contribution in [3.05, 3.63) is 11.6 Å². The highest BCUT2D eigenvalue weighted by molar-refractivity contribution is 5.93. The fourth-order valence-electron chi connectivity index (χ4n) is 4.25. The smallest absolute Gasteiger partial charge is 0.333 e. The molecule has 0 aliphatic rings. The summed E-state index contributed by atoms with van der Waals surface area (Å²) in [5, 5.41) is 9.51. The Kier molecular flexibility index (Phi) is 14.6. The molecule has 0 saturated carbocycles. The lowest BCUT2D eigenvalue weighted by atomic mass is 9.78. The van der Waals surface area contributed by atoms with Gasteiger partial charge in [0.25, 0.3) is 0 Å². The van der Waals surface area contributed by atoms with Crippen LogP contribution in [0.2, 0.25) is 0 Å². The van der Waals surface area contributed by atoms with E-state index in [-0.39, 0.29) is 41.6 Å². The largest absolute Gasteiger partial charge is 0.463 e. The number of Topliss-reactive ketones (excluding diaryl/α,β-unsaturated/α-hetero) is 1. The quantitative estimate of drug-likeness (QED) is 0.167. The molecule has 0 bridgehead atoms. The Hall–Kier alpha value is -1.73. The van der Waals surface area contributed by atoms with Gasteiger partial charge in [-0.05, 0) is 44.1 Å². The third kappa shape index (κ3) is 11.7. The Morgan fingerprint density at radius 3 is 2.03 bits per heavy atom. The summed E-state index contributed by atoms with van der Waals surface area (Å²) in [6.45, 7) is 20.2. The van der Waals surface area contributed by atoms with Gasteiger partial charge < -0.3 is 20.7 Å². The minimum Gasteiger partial charge on any atom is -0.463 e. The van der Waals surface area contributed by atoms with Crippen LogP contribution >= 0.6 is 0 Å². The van der Waals surface area contributed by atoms with E-state index >= 15 is 0 Å². The van der Waals surface area contributed by atoms with E-state index in [2.05, 4.69) is 36.7 Å². The lowest BCUT2D eigenvalue weighted by Gasteiger charge is -2.37. The number of nitrogens with one attached hydrogen (secondary N) is 3. The lowest BCUT2D eigenvalue weighted by Crippen LogP contribution is -2.59. The number of rotatable bonds is 16. The first-order chi connectivity index (χ1) is 16.1. The number of amides is 1. The summed E-state index contributed by atoms with van der Waals surface area (Å²) in [7, 11) is 1.80. The number of carbonyl (C=O) groups is 3. The summed E-state index contributed by atoms with van der Waals surface area (Å²) in [6.07, 6.45) is 6.08. The van der Waals surface area contributed by atoms with Gasteiger partial charge in [0, 0.05) is 11.6 Å². The molecule has 3 atom stereocenters. The SMILES string of the molecule is CCCCCC(C)(C)[C@H](NC)C(=O)N[C@H](C(=O)CN[C@H](/C=C(\C)C(=O)OCC)C(C)C)C(C)(C)C. The molecule has 3 N–H and O–H groups in total. The molecule has 0 aromatic heterocycles. The second-order valence-electron chi connectivity index (χ2n) is 11.7. The number of likely N-dealkylation sites (N-methyl/N-ethyl adjacent to an activating group) is 1. The molecule has 0 saturated heterocycles. The monoisotopic (exact) mass is 495 g/mol. The minimum atomic E-state index is -0.646. The van der Waals surface area contributed by atoms with E-state index in [4.69, 9.17) is 4.74 Å². The van der Waals surface area contributed by atoms with E-state index in [1.807, 2.05) is 40.7 Å². The number of hydrogen-bond donors (Lipinski definition) is 3. The van der Waals surface area contributed by atoms with Gasteiger partial charge in [-0.1, -0.05) is 80.7 Å². The normalized spacial score (nSPS) is 15.5. The van der Waals surface area contributed by atoms with Crippen molar-refractivity contribution in [2.45, 2.75) is 113 Å². The van der Waals surface area contributed by atoms with Crippen molar-refractivity contribution < 1.29 is 19.1 Å². The van der Waals surface area contributed by atoms with Crippen molar-refractivity contribution in [1.82, 2.24) is 16.0 Å². The molecule has 0 radical (unpaired) electrons.